The summed E-state index contributed by atoms with van der Waals surface area (Å²) in [5.41, 5.74) is 9.63. The number of benzene rings is 2. The third-order valence-corrected chi connectivity index (χ3v) is 3.15. The van der Waals surface area contributed by atoms with Gasteiger partial charge in [0.15, 0.2) is 0 Å². The number of rotatable bonds is 6. The molecule has 0 fully saturated rings. The molecule has 0 saturated heterocycles. The van der Waals surface area contributed by atoms with E-state index in [4.69, 9.17) is 15.2 Å². The molecule has 0 saturated carbocycles. The first-order valence-corrected chi connectivity index (χ1v) is 7.08. The number of aryl methyl sites for hydroxylation is 1. The van der Waals surface area contributed by atoms with Gasteiger partial charge >= 0.3 is 0 Å². The fourth-order valence-electron chi connectivity index (χ4n) is 2.06. The van der Waals surface area contributed by atoms with Gasteiger partial charge in [-0.3, -0.25) is 0 Å². The van der Waals surface area contributed by atoms with Crippen LogP contribution in [-0.2, 0) is 0 Å². The number of nitrogen functional groups attached to an aromatic ring is 1. The van der Waals surface area contributed by atoms with Crippen LogP contribution in [-0.4, -0.2) is 13.7 Å². The SMILES string of the molecule is CCCOc1cccc(Nc2cc(C)ccc2OC)c1N. The largest absolute Gasteiger partial charge is 0.495 e. The van der Waals surface area contributed by atoms with Crippen LogP contribution in [0.2, 0.25) is 0 Å². The molecule has 3 N–H and O–H groups in total. The summed E-state index contributed by atoms with van der Waals surface area (Å²) >= 11 is 0. The van der Waals surface area contributed by atoms with Gasteiger partial charge in [0.25, 0.3) is 0 Å². The van der Waals surface area contributed by atoms with Crippen LogP contribution in [0.4, 0.5) is 17.1 Å². The van der Waals surface area contributed by atoms with Crippen molar-refractivity contribution in [3.8, 4) is 11.5 Å². The third-order valence-electron chi connectivity index (χ3n) is 3.15. The maximum atomic E-state index is 6.17. The number of para-hydroxylation sites is 1. The van der Waals surface area contributed by atoms with E-state index in [9.17, 15) is 0 Å². The molecule has 2 aromatic rings. The molecular weight excluding hydrogens is 264 g/mol. The highest BCUT2D eigenvalue weighted by Gasteiger charge is 2.09. The lowest BCUT2D eigenvalue weighted by atomic mass is 10.2. The zero-order valence-electron chi connectivity index (χ0n) is 12.8. The van der Waals surface area contributed by atoms with Gasteiger partial charge in [-0.05, 0) is 43.2 Å². The van der Waals surface area contributed by atoms with Gasteiger partial charge in [-0.25, -0.2) is 0 Å². The van der Waals surface area contributed by atoms with E-state index in [0.717, 1.165) is 29.1 Å². The van der Waals surface area contributed by atoms with Gasteiger partial charge in [0.2, 0.25) is 0 Å². The lowest BCUT2D eigenvalue weighted by molar-refractivity contribution is 0.319. The van der Waals surface area contributed by atoms with E-state index in [0.29, 0.717) is 18.0 Å². The third kappa shape index (κ3) is 3.60. The van der Waals surface area contributed by atoms with Crippen molar-refractivity contribution in [3.05, 3.63) is 42.0 Å². The Kier molecular flexibility index (Phi) is 4.93. The molecular formula is C17H22N2O2. The Morgan fingerprint density at radius 1 is 1.10 bits per heavy atom. The van der Waals surface area contributed by atoms with Gasteiger partial charge < -0.3 is 20.5 Å². The molecule has 21 heavy (non-hydrogen) atoms. The topological polar surface area (TPSA) is 56.5 Å². The van der Waals surface area contributed by atoms with E-state index in [-0.39, 0.29) is 0 Å². The van der Waals surface area contributed by atoms with Crippen molar-refractivity contribution in [2.45, 2.75) is 20.3 Å². The number of hydrogen-bond acceptors (Lipinski definition) is 4. The average Bonchev–Trinajstić information content (AvgIpc) is 2.48. The molecule has 0 bridgehead atoms. The smallest absolute Gasteiger partial charge is 0.144 e. The summed E-state index contributed by atoms with van der Waals surface area (Å²) < 4.78 is 11.0. The summed E-state index contributed by atoms with van der Waals surface area (Å²) in [7, 11) is 1.65. The molecule has 0 spiro atoms. The van der Waals surface area contributed by atoms with Gasteiger partial charge in [-0.1, -0.05) is 19.1 Å². The molecule has 4 heteroatoms. The second kappa shape index (κ2) is 6.88. The normalized spacial score (nSPS) is 10.2. The van der Waals surface area contributed by atoms with E-state index >= 15 is 0 Å². The molecule has 0 unspecified atom stereocenters. The van der Waals surface area contributed by atoms with E-state index in [1.807, 2.05) is 43.3 Å². The summed E-state index contributed by atoms with van der Waals surface area (Å²) in [4.78, 5) is 0. The highest BCUT2D eigenvalue weighted by atomic mass is 16.5. The van der Waals surface area contributed by atoms with Crippen LogP contribution in [0.25, 0.3) is 0 Å². The van der Waals surface area contributed by atoms with Crippen molar-refractivity contribution >= 4 is 17.1 Å². The van der Waals surface area contributed by atoms with Crippen LogP contribution in [0.5, 0.6) is 11.5 Å². The first-order chi connectivity index (χ1) is 10.2. The quantitative estimate of drug-likeness (QED) is 0.784. The average molecular weight is 286 g/mol. The van der Waals surface area contributed by atoms with Crippen molar-refractivity contribution < 1.29 is 9.47 Å². The highest BCUT2D eigenvalue weighted by Crippen LogP contribution is 2.35. The molecule has 4 nitrogen and oxygen atoms in total. The Morgan fingerprint density at radius 2 is 1.90 bits per heavy atom. The minimum Gasteiger partial charge on any atom is -0.495 e. The lowest BCUT2D eigenvalue weighted by Gasteiger charge is -2.16. The van der Waals surface area contributed by atoms with E-state index in [1.165, 1.54) is 0 Å². The molecule has 112 valence electrons. The molecule has 2 rings (SSSR count). The lowest BCUT2D eigenvalue weighted by Crippen LogP contribution is -2.03. The van der Waals surface area contributed by atoms with E-state index in [2.05, 4.69) is 12.2 Å². The number of anilines is 3. The molecule has 0 radical (unpaired) electrons. The number of methoxy groups -OCH3 is 1. The monoisotopic (exact) mass is 286 g/mol. The second-order valence-corrected chi connectivity index (χ2v) is 4.89. The van der Waals surface area contributed by atoms with Crippen molar-refractivity contribution in [1.82, 2.24) is 0 Å². The summed E-state index contributed by atoms with van der Waals surface area (Å²) in [6.07, 6.45) is 0.947. The van der Waals surface area contributed by atoms with Gasteiger partial charge in [0.05, 0.1) is 30.8 Å². The van der Waals surface area contributed by atoms with Gasteiger partial charge in [-0.15, -0.1) is 0 Å². The number of nitrogens with two attached hydrogens (primary N) is 1. The predicted molar refractivity (Wildman–Crippen MR) is 87.7 cm³/mol. The van der Waals surface area contributed by atoms with Crippen LogP contribution in [0.3, 0.4) is 0 Å². The number of hydrogen-bond donors (Lipinski definition) is 2. The molecule has 0 atom stereocenters. The van der Waals surface area contributed by atoms with Gasteiger partial charge in [0.1, 0.15) is 11.5 Å². The fraction of sp³-hybridized carbons (Fsp3) is 0.294. The zero-order chi connectivity index (χ0) is 15.2. The first-order valence-electron chi connectivity index (χ1n) is 7.08. The Morgan fingerprint density at radius 3 is 2.62 bits per heavy atom. The minimum absolute atomic E-state index is 0.606. The Balaban J connectivity index is 2.29. The van der Waals surface area contributed by atoms with Crippen LogP contribution in [0.1, 0.15) is 18.9 Å². The molecule has 0 aliphatic heterocycles. The maximum absolute atomic E-state index is 6.17. The summed E-state index contributed by atoms with van der Waals surface area (Å²) in [5.74, 6) is 1.48. The van der Waals surface area contributed by atoms with Crippen molar-refractivity contribution in [2.75, 3.05) is 24.8 Å². The predicted octanol–water partition coefficient (Wildman–Crippen LogP) is 4.12. The molecule has 0 amide bonds. The minimum atomic E-state index is 0.606. The van der Waals surface area contributed by atoms with Crippen molar-refractivity contribution in [1.29, 1.82) is 0 Å². The van der Waals surface area contributed by atoms with Crippen LogP contribution in [0, 0.1) is 6.92 Å². The van der Waals surface area contributed by atoms with E-state index < -0.39 is 0 Å². The summed E-state index contributed by atoms with van der Waals surface area (Å²) in [6, 6.07) is 11.7. The van der Waals surface area contributed by atoms with Crippen molar-refractivity contribution in [3.63, 3.8) is 0 Å². The van der Waals surface area contributed by atoms with Gasteiger partial charge in [0, 0.05) is 0 Å². The number of ether oxygens (including phenoxy) is 2. The maximum Gasteiger partial charge on any atom is 0.144 e. The number of nitrogens with one attached hydrogen (secondary N) is 1. The second-order valence-electron chi connectivity index (χ2n) is 4.89. The van der Waals surface area contributed by atoms with Crippen molar-refractivity contribution in [2.24, 2.45) is 0 Å². The molecule has 0 aliphatic rings. The standard InChI is InChI=1S/C17H22N2O2/c1-4-10-21-16-7-5-6-13(17(16)18)19-14-11-12(2)8-9-15(14)20-3/h5-9,11,19H,4,10,18H2,1-3H3. The summed E-state index contributed by atoms with van der Waals surface area (Å²) in [5, 5.41) is 3.32. The van der Waals surface area contributed by atoms with Crippen LogP contribution in [0.15, 0.2) is 36.4 Å². The van der Waals surface area contributed by atoms with Crippen LogP contribution >= 0.6 is 0 Å². The summed E-state index contributed by atoms with van der Waals surface area (Å²) in [6.45, 7) is 4.76. The first kappa shape index (κ1) is 15.0. The molecule has 2 aromatic carbocycles. The molecule has 0 aliphatic carbocycles. The molecule has 0 heterocycles. The fourth-order valence-corrected chi connectivity index (χ4v) is 2.06. The van der Waals surface area contributed by atoms with Crippen LogP contribution < -0.4 is 20.5 Å². The van der Waals surface area contributed by atoms with E-state index in [1.54, 1.807) is 7.11 Å². The Hall–Kier alpha value is -2.36. The Labute approximate surface area is 125 Å². The Bertz CT molecular complexity index is 612. The highest BCUT2D eigenvalue weighted by molar-refractivity contribution is 5.79. The zero-order valence-corrected chi connectivity index (χ0v) is 12.8. The molecule has 0 aromatic heterocycles. The van der Waals surface area contributed by atoms with Gasteiger partial charge in [-0.2, -0.15) is 0 Å².